The third-order valence-electron chi connectivity index (χ3n) is 6.29. The fraction of sp³-hybridized carbons (Fsp3) is 0.333. The van der Waals surface area contributed by atoms with Crippen molar-refractivity contribution in [3.63, 3.8) is 0 Å². The molecule has 3 aromatic rings. The molecule has 0 atom stereocenters. The zero-order valence-corrected chi connectivity index (χ0v) is 21.9. The largest absolute Gasteiger partial charge is 0.495 e. The number of aromatic nitrogens is 1. The van der Waals surface area contributed by atoms with Crippen molar-refractivity contribution in [3.05, 3.63) is 75.7 Å². The number of carboxylic acid groups (broad SMARTS) is 1. The number of alkyl halides is 3. The molecule has 12 heteroatoms. The number of piperidine rings is 1. The maximum absolute atomic E-state index is 12.7. The summed E-state index contributed by atoms with van der Waals surface area (Å²) >= 11 is 1.32. The average molecular weight is 564 g/mol. The highest BCUT2D eigenvalue weighted by atomic mass is 32.1. The number of aryl methyl sites for hydroxylation is 1. The number of methoxy groups -OCH3 is 1. The number of carbonyl (C=O) groups is 3. The minimum Gasteiger partial charge on any atom is -0.495 e. The Kier molecular flexibility index (Phi) is 10.4. The number of ether oxygens (including phenoxy) is 1. The summed E-state index contributed by atoms with van der Waals surface area (Å²) < 4.78 is 43.2. The van der Waals surface area contributed by atoms with Crippen molar-refractivity contribution in [1.82, 2.24) is 9.88 Å². The highest BCUT2D eigenvalue weighted by Crippen LogP contribution is 2.31. The number of hydrogen-bond acceptors (Lipinski definition) is 6. The second kappa shape index (κ2) is 13.7. The van der Waals surface area contributed by atoms with Crippen LogP contribution in [0.5, 0.6) is 5.75 Å². The smallest absolute Gasteiger partial charge is 0.417 e. The summed E-state index contributed by atoms with van der Waals surface area (Å²) in [6.07, 6.45) is -1.45. The second-order valence-electron chi connectivity index (χ2n) is 8.69. The fourth-order valence-corrected chi connectivity index (χ4v) is 5.00. The summed E-state index contributed by atoms with van der Waals surface area (Å²) in [5.74, 6) is 0.629. The van der Waals surface area contributed by atoms with Crippen LogP contribution in [0.15, 0.2) is 54.0 Å². The quantitative estimate of drug-likeness (QED) is 0.370. The van der Waals surface area contributed by atoms with Crippen LogP contribution in [0.3, 0.4) is 0 Å². The number of nitrogens with one attached hydrogen (secondary N) is 1. The van der Waals surface area contributed by atoms with Gasteiger partial charge in [0.15, 0.2) is 0 Å². The molecule has 1 aliphatic rings. The Balaban J connectivity index is 0.00000134. The second-order valence-corrected chi connectivity index (χ2v) is 9.61. The predicted octanol–water partition coefficient (Wildman–Crippen LogP) is 5.46. The molecular weight excluding hydrogens is 535 g/mol. The van der Waals surface area contributed by atoms with Crippen molar-refractivity contribution >= 4 is 35.3 Å². The van der Waals surface area contributed by atoms with Crippen molar-refractivity contribution in [3.8, 4) is 5.75 Å². The summed E-state index contributed by atoms with van der Waals surface area (Å²) in [7, 11) is 1.53. The van der Waals surface area contributed by atoms with Gasteiger partial charge in [-0.2, -0.15) is 13.2 Å². The molecule has 8 nitrogen and oxygen atoms in total. The zero-order chi connectivity index (χ0) is 28.4. The lowest BCUT2D eigenvalue weighted by Gasteiger charge is -2.32. The van der Waals surface area contributed by atoms with E-state index in [1.165, 1.54) is 24.5 Å². The number of likely N-dealkylation sites (tertiary alicyclic amines) is 1. The monoisotopic (exact) mass is 563 g/mol. The van der Waals surface area contributed by atoms with E-state index in [0.717, 1.165) is 30.7 Å². The van der Waals surface area contributed by atoms with Crippen LogP contribution in [0, 0.1) is 0 Å². The van der Waals surface area contributed by atoms with Crippen molar-refractivity contribution in [1.29, 1.82) is 0 Å². The number of nitrogens with zero attached hydrogens (tertiary/aromatic N) is 2. The van der Waals surface area contributed by atoms with Crippen LogP contribution in [-0.4, -0.2) is 53.5 Å². The molecule has 1 aliphatic heterocycles. The first-order valence-electron chi connectivity index (χ1n) is 12.1. The Bertz CT molecular complexity index is 1240. The third-order valence-corrected chi connectivity index (χ3v) is 7.18. The molecule has 2 amide bonds. The van der Waals surface area contributed by atoms with E-state index in [2.05, 4.69) is 10.3 Å². The number of rotatable bonds is 7. The number of amides is 2. The number of pyridine rings is 1. The molecule has 0 radical (unpaired) electrons. The number of carbonyl (C=O) groups excluding carboxylic acids is 2. The Morgan fingerprint density at radius 3 is 2.38 bits per heavy atom. The molecule has 1 aromatic carbocycles. The van der Waals surface area contributed by atoms with Crippen molar-refractivity contribution in [2.75, 3.05) is 25.5 Å². The van der Waals surface area contributed by atoms with E-state index in [1.807, 2.05) is 29.2 Å². The number of hydrogen-bond donors (Lipinski definition) is 2. The Hall–Kier alpha value is -3.93. The highest BCUT2D eigenvalue weighted by molar-refractivity contribution is 7.12. The first-order valence-corrected chi connectivity index (χ1v) is 12.9. The summed E-state index contributed by atoms with van der Waals surface area (Å²) in [4.78, 5) is 39.6. The Morgan fingerprint density at radius 2 is 1.82 bits per heavy atom. The lowest BCUT2D eigenvalue weighted by Crippen LogP contribution is -2.38. The van der Waals surface area contributed by atoms with E-state index >= 15 is 0 Å². The van der Waals surface area contributed by atoms with E-state index in [4.69, 9.17) is 14.6 Å². The van der Waals surface area contributed by atoms with Crippen LogP contribution in [-0.2, 0) is 22.2 Å². The lowest BCUT2D eigenvalue weighted by atomic mass is 9.89. The van der Waals surface area contributed by atoms with E-state index in [-0.39, 0.29) is 24.7 Å². The molecule has 39 heavy (non-hydrogen) atoms. The fourth-order valence-electron chi connectivity index (χ4n) is 4.25. The first kappa shape index (κ1) is 29.6. The number of thiophene rings is 1. The summed E-state index contributed by atoms with van der Waals surface area (Å²) in [6.45, 7) is 1.00. The van der Waals surface area contributed by atoms with Crippen LogP contribution < -0.4 is 10.1 Å². The van der Waals surface area contributed by atoms with Gasteiger partial charge in [0, 0.05) is 37.1 Å². The van der Waals surface area contributed by atoms with Gasteiger partial charge in [0.2, 0.25) is 5.91 Å². The van der Waals surface area contributed by atoms with Crippen LogP contribution in [0.1, 0.15) is 51.7 Å². The SMILES string of the molecule is COc1ccsc1C(=O)Nc1ccc(C2CCN(C(=O)CCc3ccc(C(F)(F)F)cn3)CC2)cc1.O=CO. The zero-order valence-electron chi connectivity index (χ0n) is 21.1. The average Bonchev–Trinajstić information content (AvgIpc) is 3.42. The van der Waals surface area contributed by atoms with Crippen molar-refractivity contribution in [2.45, 2.75) is 37.8 Å². The van der Waals surface area contributed by atoms with Crippen LogP contribution in [0.4, 0.5) is 18.9 Å². The van der Waals surface area contributed by atoms with Crippen LogP contribution in [0.25, 0.3) is 0 Å². The van der Waals surface area contributed by atoms with Crippen LogP contribution in [0.2, 0.25) is 0 Å². The topological polar surface area (TPSA) is 109 Å². The minimum atomic E-state index is -4.42. The van der Waals surface area contributed by atoms with Crippen LogP contribution >= 0.6 is 11.3 Å². The molecule has 4 rings (SSSR count). The molecule has 0 spiro atoms. The molecule has 0 unspecified atom stereocenters. The molecule has 1 fully saturated rings. The summed E-state index contributed by atoms with van der Waals surface area (Å²) in [6, 6.07) is 11.8. The normalized spacial score (nSPS) is 13.7. The van der Waals surface area contributed by atoms with Gasteiger partial charge in [-0.25, -0.2) is 0 Å². The summed E-state index contributed by atoms with van der Waals surface area (Å²) in [5, 5.41) is 11.6. The number of anilines is 1. The maximum Gasteiger partial charge on any atom is 0.417 e. The van der Waals surface area contributed by atoms with Gasteiger partial charge in [-0.05, 0) is 66.5 Å². The van der Waals surface area contributed by atoms with Gasteiger partial charge in [0.1, 0.15) is 10.6 Å². The van der Waals surface area contributed by atoms with Gasteiger partial charge in [-0.15, -0.1) is 11.3 Å². The molecule has 2 N–H and O–H groups in total. The van der Waals surface area contributed by atoms with Gasteiger partial charge < -0.3 is 20.1 Å². The van der Waals surface area contributed by atoms with Gasteiger partial charge in [0.05, 0.1) is 12.7 Å². The molecule has 3 heterocycles. The molecule has 2 aromatic heterocycles. The highest BCUT2D eigenvalue weighted by Gasteiger charge is 2.30. The van der Waals surface area contributed by atoms with E-state index in [9.17, 15) is 22.8 Å². The Morgan fingerprint density at radius 1 is 1.15 bits per heavy atom. The molecule has 0 saturated carbocycles. The number of halogens is 3. The molecule has 1 saturated heterocycles. The molecule has 0 aliphatic carbocycles. The van der Waals surface area contributed by atoms with Gasteiger partial charge >= 0.3 is 6.18 Å². The number of benzene rings is 1. The molecule has 0 bridgehead atoms. The van der Waals surface area contributed by atoms with Gasteiger partial charge in [-0.1, -0.05) is 12.1 Å². The van der Waals surface area contributed by atoms with Crippen molar-refractivity contribution in [2.24, 2.45) is 0 Å². The van der Waals surface area contributed by atoms with E-state index < -0.39 is 11.7 Å². The third kappa shape index (κ3) is 8.28. The Labute approximate surface area is 227 Å². The lowest BCUT2D eigenvalue weighted by molar-refractivity contribution is -0.138. The van der Waals surface area contributed by atoms with E-state index in [0.29, 0.717) is 47.4 Å². The first-order chi connectivity index (χ1) is 18.7. The standard InChI is InChI=1S/C26H26F3N3O3S.CH2O2/c1-35-22-12-15-36-24(22)25(34)31-21-5-2-17(3-6-21)18-10-13-32(14-11-18)23(33)9-8-20-7-4-19(16-30-20)26(27,28)29;2-1-3/h2-7,12,15-16,18H,8-11,13-14H2,1H3,(H,31,34);1H,(H,2,3). The maximum atomic E-state index is 12.7. The predicted molar refractivity (Wildman–Crippen MR) is 140 cm³/mol. The summed E-state index contributed by atoms with van der Waals surface area (Å²) in [5.41, 5.74) is 1.53. The molecule has 208 valence electrons. The van der Waals surface area contributed by atoms with Gasteiger partial charge in [0.25, 0.3) is 12.4 Å². The van der Waals surface area contributed by atoms with E-state index in [1.54, 1.807) is 11.4 Å². The van der Waals surface area contributed by atoms with Gasteiger partial charge in [-0.3, -0.25) is 19.4 Å². The molecular formula is C27H28F3N3O5S. The minimum absolute atomic E-state index is 0.0165. The van der Waals surface area contributed by atoms with Crippen molar-refractivity contribution < 1.29 is 37.4 Å².